The van der Waals surface area contributed by atoms with Gasteiger partial charge in [-0.3, -0.25) is 0 Å². The van der Waals surface area contributed by atoms with Gasteiger partial charge in [-0.05, 0) is 36.4 Å². The van der Waals surface area contributed by atoms with E-state index in [0.717, 1.165) is 4.90 Å². The molecule has 0 spiro atoms. The monoisotopic (exact) mass is 254 g/mol. The Balaban J connectivity index is 2.23. The third-order valence-corrected chi connectivity index (χ3v) is 2.95. The number of nitrogens with zero attached hydrogens (tertiary/aromatic N) is 1. The molecule has 1 aromatic carbocycles. The molecular formula is C11H8ClFN2S. The van der Waals surface area contributed by atoms with Crippen molar-refractivity contribution in [3.63, 3.8) is 0 Å². The molecule has 0 saturated heterocycles. The average molecular weight is 255 g/mol. The first-order valence-corrected chi connectivity index (χ1v) is 5.69. The second-order valence-corrected chi connectivity index (χ2v) is 4.60. The zero-order valence-corrected chi connectivity index (χ0v) is 9.73. The number of benzene rings is 1. The Kier molecular flexibility index (Phi) is 3.31. The number of rotatable bonds is 2. The summed E-state index contributed by atoms with van der Waals surface area (Å²) in [4.78, 5) is 4.99. The molecule has 16 heavy (non-hydrogen) atoms. The van der Waals surface area contributed by atoms with Gasteiger partial charge in [-0.25, -0.2) is 9.37 Å². The van der Waals surface area contributed by atoms with Crippen LogP contribution in [0.5, 0.6) is 0 Å². The lowest BCUT2D eigenvalue weighted by Gasteiger charge is -2.02. The molecule has 0 fully saturated rings. The van der Waals surface area contributed by atoms with Gasteiger partial charge in [0.05, 0.1) is 0 Å². The quantitative estimate of drug-likeness (QED) is 0.832. The summed E-state index contributed by atoms with van der Waals surface area (Å²) in [6.07, 6.45) is 0. The number of halogens is 2. The van der Waals surface area contributed by atoms with Crippen molar-refractivity contribution in [1.29, 1.82) is 0 Å². The van der Waals surface area contributed by atoms with Crippen molar-refractivity contribution in [2.75, 3.05) is 5.73 Å². The predicted molar refractivity (Wildman–Crippen MR) is 64.2 cm³/mol. The molecule has 1 aromatic heterocycles. The van der Waals surface area contributed by atoms with Crippen molar-refractivity contribution < 1.29 is 4.39 Å². The molecule has 0 radical (unpaired) electrons. The standard InChI is InChI=1S/C11H8ClFN2S/c12-10-5-8(14)6-11(15-10)16-9-3-1-7(13)2-4-9/h1-6H,(H2,14,15). The molecule has 2 aromatic rings. The molecule has 1 heterocycles. The van der Waals surface area contributed by atoms with Crippen LogP contribution in [0.25, 0.3) is 0 Å². The van der Waals surface area contributed by atoms with Crippen molar-refractivity contribution in [3.05, 3.63) is 47.4 Å². The van der Waals surface area contributed by atoms with E-state index in [-0.39, 0.29) is 5.82 Å². The minimum atomic E-state index is -0.261. The SMILES string of the molecule is Nc1cc(Cl)nc(Sc2ccc(F)cc2)c1. The van der Waals surface area contributed by atoms with E-state index in [1.54, 1.807) is 24.3 Å². The van der Waals surface area contributed by atoms with E-state index < -0.39 is 0 Å². The number of hydrogen-bond donors (Lipinski definition) is 1. The van der Waals surface area contributed by atoms with Gasteiger partial charge in [-0.2, -0.15) is 0 Å². The lowest BCUT2D eigenvalue weighted by Crippen LogP contribution is -1.88. The van der Waals surface area contributed by atoms with Gasteiger partial charge in [0.15, 0.2) is 0 Å². The smallest absolute Gasteiger partial charge is 0.132 e. The Labute approximate surface area is 102 Å². The van der Waals surface area contributed by atoms with Crippen LogP contribution in [-0.4, -0.2) is 4.98 Å². The van der Waals surface area contributed by atoms with Crippen molar-refractivity contribution in [3.8, 4) is 0 Å². The van der Waals surface area contributed by atoms with Gasteiger partial charge in [0.2, 0.25) is 0 Å². The number of nitrogen functional groups attached to an aromatic ring is 1. The van der Waals surface area contributed by atoms with E-state index in [1.807, 2.05) is 0 Å². The highest BCUT2D eigenvalue weighted by Crippen LogP contribution is 2.28. The first kappa shape index (κ1) is 11.2. The van der Waals surface area contributed by atoms with Crippen LogP contribution in [0.15, 0.2) is 46.3 Å². The minimum absolute atomic E-state index is 0.261. The zero-order chi connectivity index (χ0) is 11.5. The van der Waals surface area contributed by atoms with Gasteiger partial charge >= 0.3 is 0 Å². The summed E-state index contributed by atoms with van der Waals surface area (Å²) in [5.41, 5.74) is 6.20. The van der Waals surface area contributed by atoms with Crippen LogP contribution in [0, 0.1) is 5.82 Å². The molecular weight excluding hydrogens is 247 g/mol. The highest BCUT2D eigenvalue weighted by molar-refractivity contribution is 7.99. The molecule has 0 aliphatic carbocycles. The predicted octanol–water partition coefficient (Wildman–Crippen LogP) is 3.61. The Morgan fingerprint density at radius 3 is 2.50 bits per heavy atom. The Morgan fingerprint density at radius 2 is 1.88 bits per heavy atom. The average Bonchev–Trinajstić information content (AvgIpc) is 2.20. The van der Waals surface area contributed by atoms with Crippen LogP contribution in [0.2, 0.25) is 5.15 Å². The molecule has 0 unspecified atom stereocenters. The van der Waals surface area contributed by atoms with Crippen LogP contribution >= 0.6 is 23.4 Å². The summed E-state index contributed by atoms with van der Waals surface area (Å²) in [5.74, 6) is -0.261. The molecule has 0 amide bonds. The van der Waals surface area contributed by atoms with Gasteiger partial charge in [0.25, 0.3) is 0 Å². The van der Waals surface area contributed by atoms with E-state index in [1.165, 1.54) is 23.9 Å². The summed E-state index contributed by atoms with van der Waals surface area (Å²) in [6, 6.07) is 9.46. The minimum Gasteiger partial charge on any atom is -0.399 e. The number of hydrogen-bond acceptors (Lipinski definition) is 3. The normalized spacial score (nSPS) is 10.4. The molecule has 0 bridgehead atoms. The molecule has 2 rings (SSSR count). The zero-order valence-electron chi connectivity index (χ0n) is 8.15. The van der Waals surface area contributed by atoms with E-state index in [4.69, 9.17) is 17.3 Å². The number of nitrogens with two attached hydrogens (primary N) is 1. The van der Waals surface area contributed by atoms with E-state index in [2.05, 4.69) is 4.98 Å². The first-order chi connectivity index (χ1) is 7.63. The molecule has 0 saturated carbocycles. The Hall–Kier alpha value is -1.26. The van der Waals surface area contributed by atoms with Crippen LogP contribution < -0.4 is 5.73 Å². The Bertz CT molecular complexity index is 482. The third-order valence-electron chi connectivity index (χ3n) is 1.83. The maximum absolute atomic E-state index is 12.7. The number of pyridine rings is 1. The van der Waals surface area contributed by atoms with Gasteiger partial charge in [0.1, 0.15) is 16.0 Å². The van der Waals surface area contributed by atoms with Crippen molar-refractivity contribution in [2.24, 2.45) is 0 Å². The summed E-state index contributed by atoms with van der Waals surface area (Å²) >= 11 is 7.16. The highest BCUT2D eigenvalue weighted by atomic mass is 35.5. The maximum atomic E-state index is 12.7. The number of aromatic nitrogens is 1. The molecule has 0 atom stereocenters. The molecule has 0 aliphatic rings. The molecule has 82 valence electrons. The maximum Gasteiger partial charge on any atom is 0.132 e. The van der Waals surface area contributed by atoms with Gasteiger partial charge in [-0.1, -0.05) is 23.4 Å². The second-order valence-electron chi connectivity index (χ2n) is 3.12. The topological polar surface area (TPSA) is 38.9 Å². The summed E-state index contributed by atoms with van der Waals surface area (Å²) in [6.45, 7) is 0. The van der Waals surface area contributed by atoms with E-state index >= 15 is 0 Å². The van der Waals surface area contributed by atoms with E-state index in [9.17, 15) is 4.39 Å². The fourth-order valence-electron chi connectivity index (χ4n) is 1.17. The molecule has 2 N–H and O–H groups in total. The van der Waals surface area contributed by atoms with Crippen LogP contribution in [0.3, 0.4) is 0 Å². The third kappa shape index (κ3) is 2.87. The summed E-state index contributed by atoms with van der Waals surface area (Å²) < 4.78 is 12.7. The summed E-state index contributed by atoms with van der Waals surface area (Å²) in [7, 11) is 0. The Morgan fingerprint density at radius 1 is 1.19 bits per heavy atom. The lowest BCUT2D eigenvalue weighted by atomic mass is 10.4. The van der Waals surface area contributed by atoms with Gasteiger partial charge in [-0.15, -0.1) is 0 Å². The molecule has 0 aliphatic heterocycles. The second kappa shape index (κ2) is 4.72. The van der Waals surface area contributed by atoms with Crippen molar-refractivity contribution >= 4 is 29.1 Å². The fraction of sp³-hybridized carbons (Fsp3) is 0. The first-order valence-electron chi connectivity index (χ1n) is 4.50. The van der Waals surface area contributed by atoms with Crippen LogP contribution in [-0.2, 0) is 0 Å². The lowest BCUT2D eigenvalue weighted by molar-refractivity contribution is 0.626. The highest BCUT2D eigenvalue weighted by Gasteiger charge is 2.02. The largest absolute Gasteiger partial charge is 0.399 e. The van der Waals surface area contributed by atoms with Crippen LogP contribution in [0.1, 0.15) is 0 Å². The van der Waals surface area contributed by atoms with Crippen LogP contribution in [0.4, 0.5) is 10.1 Å². The van der Waals surface area contributed by atoms with E-state index in [0.29, 0.717) is 15.9 Å². The summed E-state index contributed by atoms with van der Waals surface area (Å²) in [5, 5.41) is 1.04. The van der Waals surface area contributed by atoms with Crippen molar-refractivity contribution in [2.45, 2.75) is 9.92 Å². The number of anilines is 1. The van der Waals surface area contributed by atoms with Crippen molar-refractivity contribution in [1.82, 2.24) is 4.98 Å². The molecule has 2 nitrogen and oxygen atoms in total. The van der Waals surface area contributed by atoms with Gasteiger partial charge < -0.3 is 5.73 Å². The fourth-order valence-corrected chi connectivity index (χ4v) is 2.29. The molecule has 5 heteroatoms. The van der Waals surface area contributed by atoms with Gasteiger partial charge in [0, 0.05) is 10.6 Å².